The molecule has 1 rings (SSSR count). The maximum absolute atomic E-state index is 11.7. The molecule has 0 saturated heterocycles. The molecule has 0 aliphatic heterocycles. The predicted molar refractivity (Wildman–Crippen MR) is 62.8 cm³/mol. The van der Waals surface area contributed by atoms with Crippen LogP contribution in [0.2, 0.25) is 0 Å². The lowest BCUT2D eigenvalue weighted by Crippen LogP contribution is -2.35. The van der Waals surface area contributed by atoms with Crippen LogP contribution in [0.3, 0.4) is 0 Å². The summed E-state index contributed by atoms with van der Waals surface area (Å²) in [6.07, 6.45) is 1.03. The van der Waals surface area contributed by atoms with Crippen molar-refractivity contribution in [1.82, 2.24) is 5.32 Å². The maximum atomic E-state index is 11.7. The first kappa shape index (κ1) is 13.7. The van der Waals surface area contributed by atoms with E-state index in [1.165, 1.54) is 6.26 Å². The van der Waals surface area contributed by atoms with E-state index in [4.69, 9.17) is 13.9 Å². The van der Waals surface area contributed by atoms with Crippen LogP contribution in [-0.4, -0.2) is 32.0 Å². The van der Waals surface area contributed by atoms with E-state index in [1.807, 2.05) is 13.8 Å². The summed E-state index contributed by atoms with van der Waals surface area (Å²) in [7, 11) is 0. The Morgan fingerprint density at radius 1 is 1.41 bits per heavy atom. The first-order valence-corrected chi connectivity index (χ1v) is 5.73. The molecule has 5 nitrogen and oxygen atoms in total. The van der Waals surface area contributed by atoms with E-state index >= 15 is 0 Å². The number of carbonyl (C=O) groups excluding carboxylic acids is 1. The van der Waals surface area contributed by atoms with Crippen LogP contribution in [0, 0.1) is 6.92 Å². The van der Waals surface area contributed by atoms with Crippen molar-refractivity contribution in [3.8, 4) is 0 Å². The summed E-state index contributed by atoms with van der Waals surface area (Å²) in [5.41, 5.74) is 0.509. The van der Waals surface area contributed by atoms with E-state index in [1.54, 1.807) is 13.0 Å². The molecule has 1 amide bonds. The molecule has 0 unspecified atom stereocenters. The van der Waals surface area contributed by atoms with Gasteiger partial charge in [-0.1, -0.05) is 0 Å². The highest BCUT2D eigenvalue weighted by atomic mass is 16.7. The number of rotatable bonds is 7. The molecule has 1 aromatic heterocycles. The molecule has 0 radical (unpaired) electrons. The molecule has 0 aliphatic rings. The van der Waals surface area contributed by atoms with Crippen LogP contribution in [0.15, 0.2) is 16.7 Å². The van der Waals surface area contributed by atoms with Gasteiger partial charge in [0.2, 0.25) is 0 Å². The number of aryl methyl sites for hydroxylation is 1. The van der Waals surface area contributed by atoms with Crippen LogP contribution < -0.4 is 5.32 Å². The molecule has 17 heavy (non-hydrogen) atoms. The molecule has 0 spiro atoms. The van der Waals surface area contributed by atoms with Gasteiger partial charge in [-0.2, -0.15) is 0 Å². The van der Waals surface area contributed by atoms with Crippen LogP contribution in [0.5, 0.6) is 0 Å². The van der Waals surface area contributed by atoms with Gasteiger partial charge in [-0.25, -0.2) is 0 Å². The molecule has 0 bridgehead atoms. The minimum atomic E-state index is -0.401. The summed E-state index contributed by atoms with van der Waals surface area (Å²) in [5.74, 6) is 0.521. The smallest absolute Gasteiger partial charge is 0.254 e. The summed E-state index contributed by atoms with van der Waals surface area (Å²) in [6, 6.07) is 1.69. The quantitative estimate of drug-likeness (QED) is 0.738. The SMILES string of the molecule is CCOC(CNC(=O)c1coc(C)c1)OCC. The van der Waals surface area contributed by atoms with Crippen LogP contribution in [0.1, 0.15) is 30.0 Å². The average Bonchev–Trinajstić information content (AvgIpc) is 2.73. The Labute approximate surface area is 101 Å². The molecule has 1 N–H and O–H groups in total. The minimum Gasteiger partial charge on any atom is -0.469 e. The van der Waals surface area contributed by atoms with Crippen LogP contribution in [0.25, 0.3) is 0 Å². The van der Waals surface area contributed by atoms with Gasteiger partial charge in [-0.15, -0.1) is 0 Å². The Hall–Kier alpha value is -1.33. The Balaban J connectivity index is 2.40. The zero-order valence-electron chi connectivity index (χ0n) is 10.5. The molecular formula is C12H19NO4. The van der Waals surface area contributed by atoms with Gasteiger partial charge in [0.05, 0.1) is 12.1 Å². The van der Waals surface area contributed by atoms with Crippen LogP contribution in [-0.2, 0) is 9.47 Å². The second-order valence-corrected chi connectivity index (χ2v) is 3.50. The van der Waals surface area contributed by atoms with Gasteiger partial charge in [0.25, 0.3) is 5.91 Å². The van der Waals surface area contributed by atoms with Gasteiger partial charge in [0.15, 0.2) is 6.29 Å². The standard InChI is InChI=1S/C12H19NO4/c1-4-15-11(16-5-2)7-13-12(14)10-6-9(3)17-8-10/h6,8,11H,4-5,7H2,1-3H3,(H,13,14). The fourth-order valence-corrected chi connectivity index (χ4v) is 1.38. The third-order valence-electron chi connectivity index (χ3n) is 2.13. The first-order valence-electron chi connectivity index (χ1n) is 5.73. The van der Waals surface area contributed by atoms with E-state index in [0.29, 0.717) is 31.1 Å². The second-order valence-electron chi connectivity index (χ2n) is 3.50. The van der Waals surface area contributed by atoms with Crippen LogP contribution >= 0.6 is 0 Å². The summed E-state index contributed by atoms with van der Waals surface area (Å²) in [5, 5.41) is 2.73. The summed E-state index contributed by atoms with van der Waals surface area (Å²) in [4.78, 5) is 11.7. The van der Waals surface area contributed by atoms with E-state index in [-0.39, 0.29) is 5.91 Å². The molecule has 0 fully saturated rings. The summed E-state index contributed by atoms with van der Waals surface area (Å²) >= 11 is 0. The zero-order valence-corrected chi connectivity index (χ0v) is 10.5. The number of hydrogen-bond donors (Lipinski definition) is 1. The van der Waals surface area contributed by atoms with E-state index in [2.05, 4.69) is 5.32 Å². The molecule has 0 atom stereocenters. The predicted octanol–water partition coefficient (Wildman–Crippen LogP) is 1.72. The lowest BCUT2D eigenvalue weighted by Gasteiger charge is -2.16. The average molecular weight is 241 g/mol. The third kappa shape index (κ3) is 4.58. The first-order chi connectivity index (χ1) is 8.17. The fourth-order valence-electron chi connectivity index (χ4n) is 1.38. The highest BCUT2D eigenvalue weighted by molar-refractivity contribution is 5.93. The van der Waals surface area contributed by atoms with Crippen molar-refractivity contribution < 1.29 is 18.7 Å². The number of nitrogens with one attached hydrogen (secondary N) is 1. The maximum Gasteiger partial charge on any atom is 0.254 e. The van der Waals surface area contributed by atoms with Crippen molar-refractivity contribution in [2.45, 2.75) is 27.1 Å². The van der Waals surface area contributed by atoms with Gasteiger partial charge in [-0.3, -0.25) is 4.79 Å². The molecule has 0 aromatic carbocycles. The molecule has 1 aromatic rings. The zero-order chi connectivity index (χ0) is 12.7. The second kappa shape index (κ2) is 7.09. The molecule has 1 heterocycles. The van der Waals surface area contributed by atoms with Gasteiger partial charge in [0.1, 0.15) is 12.0 Å². The number of furan rings is 1. The molecular weight excluding hydrogens is 222 g/mol. The van der Waals surface area contributed by atoms with E-state index in [9.17, 15) is 4.79 Å². The van der Waals surface area contributed by atoms with Crippen molar-refractivity contribution in [2.75, 3.05) is 19.8 Å². The normalized spacial score (nSPS) is 10.8. The summed E-state index contributed by atoms with van der Waals surface area (Å²) < 4.78 is 15.7. The number of carbonyl (C=O) groups is 1. The molecule has 5 heteroatoms. The van der Waals surface area contributed by atoms with Crippen molar-refractivity contribution in [1.29, 1.82) is 0 Å². The van der Waals surface area contributed by atoms with Gasteiger partial charge in [0, 0.05) is 13.2 Å². The van der Waals surface area contributed by atoms with Crippen molar-refractivity contribution >= 4 is 5.91 Å². The monoisotopic (exact) mass is 241 g/mol. The highest BCUT2D eigenvalue weighted by Crippen LogP contribution is 2.05. The number of hydrogen-bond acceptors (Lipinski definition) is 4. The Morgan fingerprint density at radius 3 is 2.53 bits per heavy atom. The minimum absolute atomic E-state index is 0.189. The van der Waals surface area contributed by atoms with Crippen LogP contribution in [0.4, 0.5) is 0 Å². The Bertz CT molecular complexity index is 342. The summed E-state index contributed by atoms with van der Waals surface area (Å²) in [6.45, 7) is 6.97. The topological polar surface area (TPSA) is 60.7 Å². The largest absolute Gasteiger partial charge is 0.469 e. The van der Waals surface area contributed by atoms with Crippen molar-refractivity contribution in [2.24, 2.45) is 0 Å². The number of amides is 1. The molecule has 0 saturated carbocycles. The fraction of sp³-hybridized carbons (Fsp3) is 0.583. The van der Waals surface area contributed by atoms with Gasteiger partial charge < -0.3 is 19.2 Å². The number of ether oxygens (including phenoxy) is 2. The highest BCUT2D eigenvalue weighted by Gasteiger charge is 2.12. The lowest BCUT2D eigenvalue weighted by molar-refractivity contribution is -0.131. The van der Waals surface area contributed by atoms with E-state index in [0.717, 1.165) is 0 Å². The molecule has 96 valence electrons. The molecule has 0 aliphatic carbocycles. The third-order valence-corrected chi connectivity index (χ3v) is 2.13. The van der Waals surface area contributed by atoms with Gasteiger partial charge in [-0.05, 0) is 26.8 Å². The Morgan fingerprint density at radius 2 is 2.06 bits per heavy atom. The van der Waals surface area contributed by atoms with Crippen molar-refractivity contribution in [3.63, 3.8) is 0 Å². The van der Waals surface area contributed by atoms with Crippen molar-refractivity contribution in [3.05, 3.63) is 23.7 Å². The Kier molecular flexibility index (Phi) is 5.72. The lowest BCUT2D eigenvalue weighted by atomic mass is 10.3. The van der Waals surface area contributed by atoms with E-state index < -0.39 is 6.29 Å². The van der Waals surface area contributed by atoms with Gasteiger partial charge >= 0.3 is 0 Å².